The fourth-order valence-electron chi connectivity index (χ4n) is 2.52. The Labute approximate surface area is 173 Å². The number of guanidine groups is 1. The number of nitrogens with one attached hydrogen (secondary N) is 3. The highest BCUT2D eigenvalue weighted by Gasteiger charge is 2.19. The number of halogens is 1. The molecule has 1 aliphatic rings. The average molecular weight is 498 g/mol. The van der Waals surface area contributed by atoms with E-state index in [-0.39, 0.29) is 29.7 Å². The first kappa shape index (κ1) is 23.2. The second-order valence-electron chi connectivity index (χ2n) is 6.27. The van der Waals surface area contributed by atoms with Crippen molar-refractivity contribution in [2.24, 2.45) is 10.9 Å². The molecular weight excluding hydrogens is 467 g/mol. The zero-order valence-corrected chi connectivity index (χ0v) is 18.5. The van der Waals surface area contributed by atoms with Gasteiger partial charge in [-0.1, -0.05) is 6.42 Å². The van der Waals surface area contributed by atoms with Crippen LogP contribution in [-0.2, 0) is 16.6 Å². The first-order valence-corrected chi connectivity index (χ1v) is 10.7. The Kier molecular flexibility index (Phi) is 11.1. The zero-order chi connectivity index (χ0) is 18.0. The van der Waals surface area contributed by atoms with E-state index < -0.39 is 10.0 Å². The molecule has 26 heavy (non-hydrogen) atoms. The van der Waals surface area contributed by atoms with E-state index in [1.807, 2.05) is 23.9 Å². The van der Waals surface area contributed by atoms with Crippen molar-refractivity contribution in [2.75, 3.05) is 31.9 Å². The van der Waals surface area contributed by atoms with Crippen LogP contribution in [0.15, 0.2) is 23.5 Å². The number of sulfonamides is 1. The maximum Gasteiger partial charge on any atom is 0.213 e. The molecule has 0 radical (unpaired) electrons. The minimum Gasteiger partial charge on any atom is -0.357 e. The van der Waals surface area contributed by atoms with Crippen LogP contribution < -0.4 is 15.4 Å². The third-order valence-corrected chi connectivity index (χ3v) is 5.55. The monoisotopic (exact) mass is 498 g/mol. The predicted octanol–water partition coefficient (Wildman–Crippen LogP) is 1.17. The van der Waals surface area contributed by atoms with Gasteiger partial charge in [0.15, 0.2) is 5.96 Å². The molecule has 10 heteroatoms. The van der Waals surface area contributed by atoms with E-state index in [9.17, 15) is 8.42 Å². The summed E-state index contributed by atoms with van der Waals surface area (Å²) in [5.74, 6) is 1.23. The van der Waals surface area contributed by atoms with Gasteiger partial charge in [0, 0.05) is 45.1 Å². The van der Waals surface area contributed by atoms with E-state index in [0.717, 1.165) is 32.4 Å². The quantitative estimate of drug-likeness (QED) is 0.184. The van der Waals surface area contributed by atoms with Crippen LogP contribution in [0.5, 0.6) is 0 Å². The highest BCUT2D eigenvalue weighted by molar-refractivity contribution is 14.0. The van der Waals surface area contributed by atoms with Crippen LogP contribution in [0.25, 0.3) is 0 Å². The Balaban J connectivity index is 0.00000338. The van der Waals surface area contributed by atoms with Crippen molar-refractivity contribution in [1.29, 1.82) is 0 Å². The Morgan fingerprint density at radius 2 is 2.15 bits per heavy atom. The van der Waals surface area contributed by atoms with Crippen LogP contribution in [0.1, 0.15) is 32.6 Å². The highest BCUT2D eigenvalue weighted by atomic mass is 127. The summed E-state index contributed by atoms with van der Waals surface area (Å²) in [7, 11) is -3.23. The summed E-state index contributed by atoms with van der Waals surface area (Å²) in [4.78, 5) is 4.47. The van der Waals surface area contributed by atoms with E-state index in [1.54, 1.807) is 6.20 Å². The summed E-state index contributed by atoms with van der Waals surface area (Å²) < 4.78 is 28.5. The molecule has 1 aromatic rings. The summed E-state index contributed by atoms with van der Waals surface area (Å²) >= 11 is 0. The zero-order valence-electron chi connectivity index (χ0n) is 15.4. The topological polar surface area (TPSA) is 100 Å². The normalized spacial score (nSPS) is 15.2. The number of hydrogen-bond acceptors (Lipinski definition) is 4. The lowest BCUT2D eigenvalue weighted by atomic mass is 9.86. The van der Waals surface area contributed by atoms with Crippen LogP contribution in [0.2, 0.25) is 0 Å². The van der Waals surface area contributed by atoms with Gasteiger partial charge in [-0.15, -0.1) is 24.0 Å². The van der Waals surface area contributed by atoms with E-state index >= 15 is 0 Å². The molecular formula is C16H31IN6O2S. The van der Waals surface area contributed by atoms with Gasteiger partial charge in [0.1, 0.15) is 0 Å². The molecule has 1 saturated carbocycles. The minimum atomic E-state index is -3.23. The molecule has 0 atom stereocenters. The van der Waals surface area contributed by atoms with Crippen molar-refractivity contribution in [3.05, 3.63) is 18.5 Å². The third-order valence-electron chi connectivity index (χ3n) is 4.20. The minimum absolute atomic E-state index is 0. The van der Waals surface area contributed by atoms with Crippen molar-refractivity contribution >= 4 is 40.0 Å². The van der Waals surface area contributed by atoms with Gasteiger partial charge in [-0.2, -0.15) is 5.10 Å². The smallest absolute Gasteiger partial charge is 0.213 e. The summed E-state index contributed by atoms with van der Waals surface area (Å²) in [5, 5.41) is 10.4. The molecule has 8 nitrogen and oxygen atoms in total. The number of rotatable bonds is 11. The first-order valence-electron chi connectivity index (χ1n) is 9.06. The Morgan fingerprint density at radius 3 is 2.77 bits per heavy atom. The average Bonchev–Trinajstić information content (AvgIpc) is 3.03. The first-order chi connectivity index (χ1) is 12.1. The SMILES string of the molecule is CCNC(=NCCCn1cccn1)NCCS(=O)(=O)NCC1CCC1.I. The number of aromatic nitrogens is 2. The number of nitrogens with zero attached hydrogens (tertiary/aromatic N) is 3. The lowest BCUT2D eigenvalue weighted by Crippen LogP contribution is -2.42. The van der Waals surface area contributed by atoms with Crippen LogP contribution >= 0.6 is 24.0 Å². The molecule has 0 saturated heterocycles. The van der Waals surface area contributed by atoms with Gasteiger partial charge < -0.3 is 10.6 Å². The van der Waals surface area contributed by atoms with Crippen LogP contribution in [0, 0.1) is 5.92 Å². The van der Waals surface area contributed by atoms with E-state index in [0.29, 0.717) is 31.5 Å². The molecule has 3 N–H and O–H groups in total. The molecule has 1 heterocycles. The molecule has 2 rings (SSSR count). The van der Waals surface area contributed by atoms with Crippen LogP contribution in [0.4, 0.5) is 0 Å². The molecule has 1 aliphatic carbocycles. The largest absolute Gasteiger partial charge is 0.357 e. The Bertz CT molecular complexity index is 617. The Morgan fingerprint density at radius 1 is 1.35 bits per heavy atom. The molecule has 0 bridgehead atoms. The van der Waals surface area contributed by atoms with Crippen molar-refractivity contribution in [3.8, 4) is 0 Å². The third kappa shape index (κ3) is 9.17. The van der Waals surface area contributed by atoms with E-state index in [4.69, 9.17) is 0 Å². The highest BCUT2D eigenvalue weighted by Crippen LogP contribution is 2.25. The lowest BCUT2D eigenvalue weighted by Gasteiger charge is -2.25. The number of aliphatic imine (C=N–C) groups is 1. The fraction of sp³-hybridized carbons (Fsp3) is 0.750. The summed E-state index contributed by atoms with van der Waals surface area (Å²) in [6, 6.07) is 1.90. The van der Waals surface area contributed by atoms with Gasteiger partial charge >= 0.3 is 0 Å². The molecule has 0 amide bonds. The second kappa shape index (κ2) is 12.5. The van der Waals surface area contributed by atoms with Gasteiger partial charge in [-0.3, -0.25) is 9.67 Å². The van der Waals surface area contributed by atoms with Gasteiger partial charge in [0.2, 0.25) is 10.0 Å². The standard InChI is InChI=1S/C16H30N6O2S.HI/c1-2-17-16(18-8-4-11-22-12-5-9-20-22)19-10-13-25(23,24)21-14-15-6-3-7-15;/h5,9,12,15,21H,2-4,6-8,10-11,13-14H2,1H3,(H2,17,18,19);1H. The summed E-state index contributed by atoms with van der Waals surface area (Å²) in [5.41, 5.74) is 0. The maximum absolute atomic E-state index is 12.0. The Hall–Kier alpha value is -0.880. The molecule has 0 aliphatic heterocycles. The van der Waals surface area contributed by atoms with E-state index in [2.05, 4.69) is 25.4 Å². The van der Waals surface area contributed by atoms with Gasteiger partial charge in [0.25, 0.3) is 0 Å². The van der Waals surface area contributed by atoms with Gasteiger partial charge in [0.05, 0.1) is 5.75 Å². The van der Waals surface area contributed by atoms with Crippen molar-refractivity contribution < 1.29 is 8.42 Å². The maximum atomic E-state index is 12.0. The number of aryl methyl sites for hydroxylation is 1. The summed E-state index contributed by atoms with van der Waals surface area (Å²) in [6.07, 6.45) is 8.05. The lowest BCUT2D eigenvalue weighted by molar-refractivity contribution is 0.316. The van der Waals surface area contributed by atoms with Gasteiger partial charge in [-0.05, 0) is 38.2 Å². The van der Waals surface area contributed by atoms with Crippen LogP contribution in [0.3, 0.4) is 0 Å². The second-order valence-corrected chi connectivity index (χ2v) is 8.20. The molecule has 0 aromatic carbocycles. The van der Waals surface area contributed by atoms with Crippen LogP contribution in [-0.4, -0.2) is 56.1 Å². The molecule has 0 spiro atoms. The molecule has 1 fully saturated rings. The number of hydrogen-bond donors (Lipinski definition) is 3. The molecule has 150 valence electrons. The van der Waals surface area contributed by atoms with E-state index in [1.165, 1.54) is 6.42 Å². The predicted molar refractivity (Wildman–Crippen MR) is 115 cm³/mol. The fourth-order valence-corrected chi connectivity index (χ4v) is 3.52. The molecule has 1 aromatic heterocycles. The molecule has 0 unspecified atom stereocenters. The van der Waals surface area contributed by atoms with Crippen molar-refractivity contribution in [2.45, 2.75) is 39.2 Å². The van der Waals surface area contributed by atoms with Crippen molar-refractivity contribution in [3.63, 3.8) is 0 Å². The summed E-state index contributed by atoms with van der Waals surface area (Å²) in [6.45, 7) is 5.10. The van der Waals surface area contributed by atoms with Crippen molar-refractivity contribution in [1.82, 2.24) is 25.1 Å². The van der Waals surface area contributed by atoms with Gasteiger partial charge in [-0.25, -0.2) is 13.1 Å².